The van der Waals surface area contributed by atoms with Crippen molar-refractivity contribution in [1.82, 2.24) is 15.0 Å². The van der Waals surface area contributed by atoms with Gasteiger partial charge in [-0.25, -0.2) is 9.97 Å². The van der Waals surface area contributed by atoms with Crippen LogP contribution in [0.15, 0.2) is 176 Å². The Hall–Kier alpha value is -6.45. The first-order valence-corrected chi connectivity index (χ1v) is 17.4. The molecule has 2 heterocycles. The number of benzene rings is 6. The minimum absolute atomic E-state index is 0.107. The van der Waals surface area contributed by atoms with Crippen molar-refractivity contribution in [2.24, 2.45) is 0 Å². The number of aromatic nitrogens is 3. The molecule has 0 atom stereocenters. The lowest BCUT2D eigenvalue weighted by molar-refractivity contribution is 0.660. The summed E-state index contributed by atoms with van der Waals surface area (Å²) in [5, 5.41) is 0. The van der Waals surface area contributed by atoms with Crippen molar-refractivity contribution in [2.45, 2.75) is 19.3 Å². The number of nitrogens with zero attached hydrogens (tertiary/aromatic N) is 3. The maximum atomic E-state index is 5.24. The van der Waals surface area contributed by atoms with Crippen molar-refractivity contribution in [2.75, 3.05) is 0 Å². The molecule has 0 saturated heterocycles. The predicted octanol–water partition coefficient (Wildman–Crippen LogP) is 12.2. The molecule has 3 heteroatoms. The molecule has 0 fully saturated rings. The third-order valence-electron chi connectivity index (χ3n) is 10.2. The molecule has 0 N–H and O–H groups in total. The van der Waals surface area contributed by atoms with Gasteiger partial charge in [0.25, 0.3) is 0 Å². The minimum atomic E-state index is -0.107. The lowest BCUT2D eigenvalue weighted by Crippen LogP contribution is -2.14. The predicted molar refractivity (Wildman–Crippen MR) is 210 cm³/mol. The van der Waals surface area contributed by atoms with E-state index in [0.717, 1.165) is 44.9 Å². The van der Waals surface area contributed by atoms with Crippen molar-refractivity contribution in [1.29, 1.82) is 0 Å². The summed E-state index contributed by atoms with van der Waals surface area (Å²) in [6, 6.07) is 59.8. The van der Waals surface area contributed by atoms with E-state index >= 15 is 0 Å². The van der Waals surface area contributed by atoms with E-state index in [4.69, 9.17) is 15.0 Å². The molecule has 8 aromatic rings. The van der Waals surface area contributed by atoms with Gasteiger partial charge in [-0.05, 0) is 68.8 Å². The first-order valence-electron chi connectivity index (χ1n) is 17.4. The molecule has 0 aliphatic heterocycles. The van der Waals surface area contributed by atoms with Gasteiger partial charge in [0.2, 0.25) is 0 Å². The maximum Gasteiger partial charge on any atom is 0.160 e. The van der Waals surface area contributed by atoms with Gasteiger partial charge in [-0.1, -0.05) is 159 Å². The zero-order valence-electron chi connectivity index (χ0n) is 28.6. The van der Waals surface area contributed by atoms with Crippen LogP contribution < -0.4 is 0 Å². The first kappa shape index (κ1) is 30.6. The summed E-state index contributed by atoms with van der Waals surface area (Å²) in [7, 11) is 0. The Bertz CT molecular complexity index is 2420. The summed E-state index contributed by atoms with van der Waals surface area (Å²) in [5.74, 6) is 0.676. The molecule has 0 unspecified atom stereocenters. The van der Waals surface area contributed by atoms with E-state index in [2.05, 4.69) is 166 Å². The summed E-state index contributed by atoms with van der Waals surface area (Å²) >= 11 is 0. The molecule has 2 aromatic heterocycles. The van der Waals surface area contributed by atoms with Gasteiger partial charge in [0, 0.05) is 33.9 Å². The van der Waals surface area contributed by atoms with Crippen LogP contribution >= 0.6 is 0 Å². The second kappa shape index (κ2) is 12.5. The second-order valence-corrected chi connectivity index (χ2v) is 13.7. The van der Waals surface area contributed by atoms with E-state index in [9.17, 15) is 0 Å². The van der Waals surface area contributed by atoms with Crippen LogP contribution in [0.4, 0.5) is 0 Å². The normalized spacial score (nSPS) is 12.7. The molecule has 3 nitrogen and oxygen atoms in total. The molecule has 9 rings (SSSR count). The molecule has 242 valence electrons. The summed E-state index contributed by atoms with van der Waals surface area (Å²) in [6.45, 7) is 4.63. The monoisotopic (exact) mass is 653 g/mol. The van der Waals surface area contributed by atoms with Crippen molar-refractivity contribution >= 4 is 0 Å². The highest BCUT2D eigenvalue weighted by Gasteiger charge is 2.35. The molecule has 0 spiro atoms. The standard InChI is InChI=1S/C48H35N3/c1-48(2)42-18-10-9-16-39(42)40-28-27-38(30-43(40)48)46-41(17-11-29-49-46)45-31-44(36-23-19-34(20-24-36)32-12-5-3-6-13-32)50-47(51-45)37-25-21-35(22-26-37)33-14-7-4-8-15-33/h3-31H,1-2H3. The van der Waals surface area contributed by atoms with Gasteiger partial charge in [0.15, 0.2) is 5.82 Å². The van der Waals surface area contributed by atoms with Crippen LogP contribution in [0.2, 0.25) is 0 Å². The summed E-state index contributed by atoms with van der Waals surface area (Å²) < 4.78 is 0. The SMILES string of the molecule is CC1(C)c2ccccc2-c2ccc(-c3ncccc3-c3cc(-c4ccc(-c5ccccc5)cc4)nc(-c4ccc(-c5ccccc5)cc4)n3)cc21. The highest BCUT2D eigenvalue weighted by Crippen LogP contribution is 2.49. The maximum absolute atomic E-state index is 5.24. The van der Waals surface area contributed by atoms with Gasteiger partial charge in [0.05, 0.1) is 17.1 Å². The summed E-state index contributed by atoms with van der Waals surface area (Å²) in [6.07, 6.45) is 1.87. The van der Waals surface area contributed by atoms with Crippen LogP contribution in [0.5, 0.6) is 0 Å². The summed E-state index contributed by atoms with van der Waals surface area (Å²) in [5.41, 5.74) is 16.5. The lowest BCUT2D eigenvalue weighted by Gasteiger charge is -2.22. The number of fused-ring (bicyclic) bond motifs is 3. The van der Waals surface area contributed by atoms with E-state index in [0.29, 0.717) is 5.82 Å². The molecular formula is C48H35N3. The van der Waals surface area contributed by atoms with Crippen LogP contribution in [0.3, 0.4) is 0 Å². The average Bonchev–Trinajstić information content (AvgIpc) is 3.44. The van der Waals surface area contributed by atoms with E-state index in [1.54, 1.807) is 0 Å². The van der Waals surface area contributed by atoms with E-state index in [1.165, 1.54) is 38.9 Å². The van der Waals surface area contributed by atoms with Crippen molar-refractivity contribution in [3.63, 3.8) is 0 Å². The quantitative estimate of drug-likeness (QED) is 0.179. The van der Waals surface area contributed by atoms with Gasteiger partial charge in [-0.2, -0.15) is 0 Å². The van der Waals surface area contributed by atoms with Crippen molar-refractivity contribution in [3.05, 3.63) is 187 Å². The smallest absolute Gasteiger partial charge is 0.160 e. The lowest BCUT2D eigenvalue weighted by atomic mass is 9.81. The number of rotatable bonds is 6. The molecule has 1 aliphatic carbocycles. The highest BCUT2D eigenvalue weighted by molar-refractivity contribution is 5.87. The zero-order chi connectivity index (χ0) is 34.4. The molecule has 0 bridgehead atoms. The van der Waals surface area contributed by atoms with Gasteiger partial charge in [-0.15, -0.1) is 0 Å². The Morgan fingerprint density at radius 2 is 0.882 bits per heavy atom. The van der Waals surface area contributed by atoms with Crippen molar-refractivity contribution < 1.29 is 0 Å². The molecule has 0 amide bonds. The Balaban J connectivity index is 1.17. The Morgan fingerprint density at radius 1 is 0.373 bits per heavy atom. The molecule has 6 aromatic carbocycles. The Kier molecular flexibility index (Phi) is 7.48. The summed E-state index contributed by atoms with van der Waals surface area (Å²) in [4.78, 5) is 15.4. The van der Waals surface area contributed by atoms with E-state index in [1.807, 2.05) is 24.4 Å². The number of hydrogen-bond donors (Lipinski definition) is 0. The molecule has 0 radical (unpaired) electrons. The Morgan fingerprint density at radius 3 is 1.57 bits per heavy atom. The van der Waals surface area contributed by atoms with Gasteiger partial charge < -0.3 is 0 Å². The van der Waals surface area contributed by atoms with Gasteiger partial charge >= 0.3 is 0 Å². The zero-order valence-corrected chi connectivity index (χ0v) is 28.6. The fourth-order valence-electron chi connectivity index (χ4n) is 7.46. The van der Waals surface area contributed by atoms with Crippen LogP contribution in [-0.2, 0) is 5.41 Å². The topological polar surface area (TPSA) is 38.7 Å². The van der Waals surface area contributed by atoms with Crippen LogP contribution in [0.25, 0.3) is 78.5 Å². The van der Waals surface area contributed by atoms with Crippen molar-refractivity contribution in [3.8, 4) is 78.5 Å². The largest absolute Gasteiger partial charge is 0.256 e. The Labute approximate surface area is 299 Å². The number of pyridine rings is 1. The second-order valence-electron chi connectivity index (χ2n) is 13.7. The first-order chi connectivity index (χ1) is 25.0. The van der Waals surface area contributed by atoms with Gasteiger partial charge in [0.1, 0.15) is 0 Å². The fraction of sp³-hybridized carbons (Fsp3) is 0.0625. The van der Waals surface area contributed by atoms with Gasteiger partial charge in [-0.3, -0.25) is 4.98 Å². The molecule has 0 saturated carbocycles. The van der Waals surface area contributed by atoms with E-state index < -0.39 is 0 Å². The average molecular weight is 654 g/mol. The molecule has 51 heavy (non-hydrogen) atoms. The van der Waals surface area contributed by atoms with Crippen LogP contribution in [0, 0.1) is 0 Å². The van der Waals surface area contributed by atoms with E-state index in [-0.39, 0.29) is 5.41 Å². The third-order valence-corrected chi connectivity index (χ3v) is 10.2. The number of hydrogen-bond acceptors (Lipinski definition) is 3. The highest BCUT2D eigenvalue weighted by atomic mass is 14.9. The fourth-order valence-corrected chi connectivity index (χ4v) is 7.46. The van der Waals surface area contributed by atoms with Crippen LogP contribution in [-0.4, -0.2) is 15.0 Å². The van der Waals surface area contributed by atoms with Crippen LogP contribution in [0.1, 0.15) is 25.0 Å². The minimum Gasteiger partial charge on any atom is -0.256 e. The molecule has 1 aliphatic rings. The molecular weight excluding hydrogens is 619 g/mol. The third kappa shape index (κ3) is 5.53.